The van der Waals surface area contributed by atoms with Crippen LogP contribution >= 0.6 is 0 Å². The second-order valence-electron chi connectivity index (χ2n) is 3.48. The molecule has 0 fully saturated rings. The van der Waals surface area contributed by atoms with Gasteiger partial charge in [-0.1, -0.05) is 6.07 Å². The third-order valence-corrected chi connectivity index (χ3v) is 2.39. The smallest absolute Gasteiger partial charge is 0.217 e. The molecule has 0 aromatic heterocycles. The summed E-state index contributed by atoms with van der Waals surface area (Å²) in [6.07, 6.45) is 0. The zero-order valence-electron chi connectivity index (χ0n) is 8.85. The van der Waals surface area contributed by atoms with E-state index in [9.17, 15) is 4.79 Å². The molecular formula is C11H16N2O. The maximum Gasteiger partial charge on any atom is 0.217 e. The average molecular weight is 192 g/mol. The lowest BCUT2D eigenvalue weighted by molar-refractivity contribution is -0.119. The Morgan fingerprint density at radius 1 is 1.43 bits per heavy atom. The first-order chi connectivity index (χ1) is 6.52. The number of amides is 1. The second kappa shape index (κ2) is 4.13. The fourth-order valence-corrected chi connectivity index (χ4v) is 1.40. The summed E-state index contributed by atoms with van der Waals surface area (Å²) in [6.45, 7) is 6.05. The van der Waals surface area contributed by atoms with Crippen LogP contribution in [0.15, 0.2) is 12.1 Å². The zero-order chi connectivity index (χ0) is 10.7. The van der Waals surface area contributed by atoms with E-state index in [1.54, 1.807) is 0 Å². The van der Waals surface area contributed by atoms with Crippen molar-refractivity contribution in [1.29, 1.82) is 0 Å². The van der Waals surface area contributed by atoms with Crippen LogP contribution in [-0.2, 0) is 11.3 Å². The van der Waals surface area contributed by atoms with E-state index in [2.05, 4.69) is 5.32 Å². The Morgan fingerprint density at radius 3 is 2.64 bits per heavy atom. The molecule has 76 valence electrons. The lowest BCUT2D eigenvalue weighted by Crippen LogP contribution is -2.20. The molecule has 0 aliphatic heterocycles. The molecule has 3 heteroatoms. The predicted octanol–water partition coefficient (Wildman–Crippen LogP) is 1.52. The highest BCUT2D eigenvalue weighted by molar-refractivity contribution is 5.73. The van der Waals surface area contributed by atoms with Gasteiger partial charge < -0.3 is 11.1 Å². The quantitative estimate of drug-likeness (QED) is 0.698. The van der Waals surface area contributed by atoms with Crippen molar-refractivity contribution in [3.05, 3.63) is 28.8 Å². The molecule has 1 aromatic rings. The molecule has 1 amide bonds. The van der Waals surface area contributed by atoms with E-state index in [1.165, 1.54) is 6.92 Å². The molecule has 0 heterocycles. The Morgan fingerprint density at radius 2 is 2.07 bits per heavy atom. The monoisotopic (exact) mass is 192 g/mol. The van der Waals surface area contributed by atoms with Crippen molar-refractivity contribution >= 4 is 11.6 Å². The third-order valence-electron chi connectivity index (χ3n) is 2.39. The second-order valence-corrected chi connectivity index (χ2v) is 3.48. The molecule has 3 N–H and O–H groups in total. The largest absolute Gasteiger partial charge is 0.399 e. The minimum absolute atomic E-state index is 0.0220. The van der Waals surface area contributed by atoms with Gasteiger partial charge in [0.05, 0.1) is 0 Å². The number of carbonyl (C=O) groups is 1. The van der Waals surface area contributed by atoms with Gasteiger partial charge in [-0.15, -0.1) is 0 Å². The summed E-state index contributed by atoms with van der Waals surface area (Å²) < 4.78 is 0. The maximum absolute atomic E-state index is 10.8. The van der Waals surface area contributed by atoms with Crippen LogP contribution in [0.3, 0.4) is 0 Å². The van der Waals surface area contributed by atoms with Gasteiger partial charge in [-0.2, -0.15) is 0 Å². The Hall–Kier alpha value is -1.51. The molecular weight excluding hydrogens is 176 g/mol. The van der Waals surface area contributed by atoms with Gasteiger partial charge in [-0.05, 0) is 36.6 Å². The predicted molar refractivity (Wildman–Crippen MR) is 57.8 cm³/mol. The molecule has 0 atom stereocenters. The van der Waals surface area contributed by atoms with Crippen LogP contribution in [0.2, 0.25) is 0 Å². The first-order valence-electron chi connectivity index (χ1n) is 4.61. The third kappa shape index (κ3) is 2.25. The molecule has 3 nitrogen and oxygen atoms in total. The zero-order valence-corrected chi connectivity index (χ0v) is 8.85. The van der Waals surface area contributed by atoms with Crippen LogP contribution in [0.5, 0.6) is 0 Å². The Bertz CT molecular complexity index is 359. The maximum atomic E-state index is 10.8. The highest BCUT2D eigenvalue weighted by Crippen LogP contribution is 2.19. The van der Waals surface area contributed by atoms with E-state index in [0.29, 0.717) is 6.54 Å². The normalized spacial score (nSPS) is 9.93. The Kier molecular flexibility index (Phi) is 3.12. The molecule has 14 heavy (non-hydrogen) atoms. The number of anilines is 1. The summed E-state index contributed by atoms with van der Waals surface area (Å²) in [5.74, 6) is -0.0220. The van der Waals surface area contributed by atoms with Crippen molar-refractivity contribution in [2.45, 2.75) is 27.3 Å². The topological polar surface area (TPSA) is 55.1 Å². The summed E-state index contributed by atoms with van der Waals surface area (Å²) in [4.78, 5) is 10.8. The summed E-state index contributed by atoms with van der Waals surface area (Å²) in [6, 6.07) is 3.86. The van der Waals surface area contributed by atoms with E-state index < -0.39 is 0 Å². The van der Waals surface area contributed by atoms with Gasteiger partial charge >= 0.3 is 0 Å². The van der Waals surface area contributed by atoms with Crippen LogP contribution in [0.25, 0.3) is 0 Å². The number of nitrogens with one attached hydrogen (secondary N) is 1. The molecule has 0 spiro atoms. The first kappa shape index (κ1) is 10.6. The summed E-state index contributed by atoms with van der Waals surface area (Å²) in [7, 11) is 0. The molecule has 0 bridgehead atoms. The number of rotatable bonds is 2. The molecule has 0 unspecified atom stereocenters. The number of benzene rings is 1. The molecule has 0 radical (unpaired) electrons. The number of hydrogen-bond acceptors (Lipinski definition) is 2. The van der Waals surface area contributed by atoms with E-state index in [-0.39, 0.29) is 5.91 Å². The van der Waals surface area contributed by atoms with E-state index in [0.717, 1.165) is 22.4 Å². The van der Waals surface area contributed by atoms with Gasteiger partial charge in [0.15, 0.2) is 0 Å². The van der Waals surface area contributed by atoms with E-state index in [4.69, 9.17) is 5.73 Å². The van der Waals surface area contributed by atoms with Crippen LogP contribution in [0.4, 0.5) is 5.69 Å². The van der Waals surface area contributed by atoms with Gasteiger partial charge in [0.25, 0.3) is 0 Å². The standard InChI is InChI=1S/C11H16N2O/c1-7-4-5-11(12)8(2)10(7)6-13-9(3)14/h4-5H,6,12H2,1-3H3,(H,13,14). The van der Waals surface area contributed by atoms with E-state index in [1.807, 2.05) is 26.0 Å². The molecule has 1 aromatic carbocycles. The van der Waals surface area contributed by atoms with Crippen LogP contribution < -0.4 is 11.1 Å². The fraction of sp³-hybridized carbons (Fsp3) is 0.364. The summed E-state index contributed by atoms with van der Waals surface area (Å²) in [5, 5.41) is 2.78. The molecule has 0 saturated heterocycles. The van der Waals surface area contributed by atoms with Crippen molar-refractivity contribution < 1.29 is 4.79 Å². The van der Waals surface area contributed by atoms with Gasteiger partial charge in [0, 0.05) is 19.2 Å². The van der Waals surface area contributed by atoms with Gasteiger partial charge in [-0.3, -0.25) is 4.79 Å². The van der Waals surface area contributed by atoms with Crippen LogP contribution in [-0.4, -0.2) is 5.91 Å². The highest BCUT2D eigenvalue weighted by atomic mass is 16.1. The fourth-order valence-electron chi connectivity index (χ4n) is 1.40. The Balaban J connectivity index is 2.95. The molecule has 1 rings (SSSR count). The first-order valence-corrected chi connectivity index (χ1v) is 4.61. The number of hydrogen-bond donors (Lipinski definition) is 2. The summed E-state index contributed by atoms with van der Waals surface area (Å²) in [5.41, 5.74) is 9.88. The van der Waals surface area contributed by atoms with E-state index >= 15 is 0 Å². The lowest BCUT2D eigenvalue weighted by Gasteiger charge is -2.12. The van der Waals surface area contributed by atoms with Crippen LogP contribution in [0, 0.1) is 13.8 Å². The minimum atomic E-state index is -0.0220. The highest BCUT2D eigenvalue weighted by Gasteiger charge is 2.05. The SMILES string of the molecule is CC(=O)NCc1c(C)ccc(N)c1C. The van der Waals surface area contributed by atoms with Gasteiger partial charge in [-0.25, -0.2) is 0 Å². The van der Waals surface area contributed by atoms with Crippen molar-refractivity contribution in [2.75, 3.05) is 5.73 Å². The molecule has 0 aliphatic rings. The van der Waals surface area contributed by atoms with Crippen molar-refractivity contribution in [3.63, 3.8) is 0 Å². The lowest BCUT2D eigenvalue weighted by atomic mass is 10.0. The minimum Gasteiger partial charge on any atom is -0.399 e. The average Bonchev–Trinajstić information content (AvgIpc) is 2.11. The van der Waals surface area contributed by atoms with Crippen molar-refractivity contribution in [3.8, 4) is 0 Å². The van der Waals surface area contributed by atoms with Gasteiger partial charge in [0.1, 0.15) is 0 Å². The van der Waals surface area contributed by atoms with Gasteiger partial charge in [0.2, 0.25) is 5.91 Å². The number of carbonyl (C=O) groups excluding carboxylic acids is 1. The molecule has 0 aliphatic carbocycles. The van der Waals surface area contributed by atoms with Crippen molar-refractivity contribution in [2.24, 2.45) is 0 Å². The number of nitrogen functional groups attached to an aromatic ring is 1. The summed E-state index contributed by atoms with van der Waals surface area (Å²) >= 11 is 0. The number of aryl methyl sites for hydroxylation is 1. The number of nitrogens with two attached hydrogens (primary N) is 1. The Labute approximate surface area is 84.3 Å². The molecule has 0 saturated carbocycles. The van der Waals surface area contributed by atoms with Crippen LogP contribution in [0.1, 0.15) is 23.6 Å². The van der Waals surface area contributed by atoms with Crippen molar-refractivity contribution in [1.82, 2.24) is 5.32 Å².